The maximum atomic E-state index is 13.4. The van der Waals surface area contributed by atoms with E-state index in [9.17, 15) is 9.59 Å². The molecule has 172 valence electrons. The number of halogens is 2. The quantitative estimate of drug-likeness (QED) is 0.416. The lowest BCUT2D eigenvalue weighted by Crippen LogP contribution is -2.51. The number of carbonyl (C=O) groups excluding carboxylic acids is 2. The molecule has 7 heteroatoms. The van der Waals surface area contributed by atoms with E-state index in [-0.39, 0.29) is 25.0 Å². The molecule has 3 aromatic carbocycles. The number of hydrogen-bond donors (Lipinski definition) is 1. The Hall–Kier alpha value is -2.83. The van der Waals surface area contributed by atoms with E-state index in [0.717, 1.165) is 16.7 Å². The second-order valence-electron chi connectivity index (χ2n) is 7.69. The van der Waals surface area contributed by atoms with Gasteiger partial charge in [-0.2, -0.15) is 0 Å². The van der Waals surface area contributed by atoms with Gasteiger partial charge in [0, 0.05) is 25.0 Å². The smallest absolute Gasteiger partial charge is 0.261 e. The Morgan fingerprint density at radius 2 is 1.73 bits per heavy atom. The number of carbonyl (C=O) groups is 2. The van der Waals surface area contributed by atoms with Gasteiger partial charge in [0.1, 0.15) is 11.8 Å². The first-order chi connectivity index (χ1) is 15.9. The molecule has 0 aromatic heterocycles. The van der Waals surface area contributed by atoms with Gasteiger partial charge in [-0.3, -0.25) is 9.59 Å². The van der Waals surface area contributed by atoms with E-state index in [4.69, 9.17) is 16.3 Å². The molecule has 1 N–H and O–H groups in total. The molecule has 3 aromatic rings. The second kappa shape index (κ2) is 11.9. The van der Waals surface area contributed by atoms with E-state index in [1.54, 1.807) is 30.1 Å². The molecule has 33 heavy (non-hydrogen) atoms. The van der Waals surface area contributed by atoms with Crippen LogP contribution in [0, 0.1) is 6.92 Å². The van der Waals surface area contributed by atoms with Crippen molar-refractivity contribution in [2.75, 3.05) is 13.7 Å². The second-order valence-corrected chi connectivity index (χ2v) is 8.98. The number of rotatable bonds is 9. The third-order valence-electron chi connectivity index (χ3n) is 5.24. The van der Waals surface area contributed by atoms with Gasteiger partial charge in [0.15, 0.2) is 6.61 Å². The number of nitrogens with zero attached hydrogens (tertiary/aromatic N) is 1. The van der Waals surface area contributed by atoms with E-state index in [2.05, 4.69) is 21.2 Å². The van der Waals surface area contributed by atoms with Crippen LogP contribution >= 0.6 is 27.5 Å². The number of amides is 2. The standard InChI is InChI=1S/C26H26BrClN2O3/c1-18-8-10-20(11-9-18)16-30(23(26(32)29-2)14-19-6-4-3-5-7-19)25(31)17-33-24-13-12-21(28)15-22(24)27/h3-13,15,23H,14,16-17H2,1-2H3,(H,29,32). The Labute approximate surface area is 207 Å². The molecule has 0 bridgehead atoms. The first-order valence-electron chi connectivity index (χ1n) is 10.6. The lowest BCUT2D eigenvalue weighted by Gasteiger charge is -2.31. The highest BCUT2D eigenvalue weighted by atomic mass is 79.9. The Bertz CT molecular complexity index is 1090. The number of likely N-dealkylation sites (N-methyl/N-ethyl adjacent to an activating group) is 1. The van der Waals surface area contributed by atoms with E-state index in [1.807, 2.05) is 61.5 Å². The van der Waals surface area contributed by atoms with Crippen LogP contribution in [0.15, 0.2) is 77.3 Å². The number of benzene rings is 3. The third kappa shape index (κ3) is 7.07. The summed E-state index contributed by atoms with van der Waals surface area (Å²) in [6, 6.07) is 22.0. The minimum atomic E-state index is -0.691. The van der Waals surface area contributed by atoms with Crippen LogP contribution in [0.1, 0.15) is 16.7 Å². The molecule has 0 aliphatic rings. The van der Waals surface area contributed by atoms with Crippen LogP contribution in [0.25, 0.3) is 0 Å². The lowest BCUT2D eigenvalue weighted by molar-refractivity contribution is -0.142. The van der Waals surface area contributed by atoms with Crippen molar-refractivity contribution in [3.8, 4) is 5.75 Å². The average Bonchev–Trinajstić information content (AvgIpc) is 2.82. The van der Waals surface area contributed by atoms with Crippen LogP contribution < -0.4 is 10.1 Å². The molecule has 0 aliphatic heterocycles. The van der Waals surface area contributed by atoms with Crippen molar-refractivity contribution in [3.63, 3.8) is 0 Å². The summed E-state index contributed by atoms with van der Waals surface area (Å²) in [5.41, 5.74) is 3.03. The fourth-order valence-electron chi connectivity index (χ4n) is 3.43. The van der Waals surface area contributed by atoms with E-state index in [1.165, 1.54) is 0 Å². The summed E-state index contributed by atoms with van der Waals surface area (Å²) in [7, 11) is 1.58. The minimum absolute atomic E-state index is 0.214. The Morgan fingerprint density at radius 3 is 2.36 bits per heavy atom. The van der Waals surface area contributed by atoms with Gasteiger partial charge in [0.05, 0.1) is 4.47 Å². The maximum Gasteiger partial charge on any atom is 0.261 e. The molecule has 5 nitrogen and oxygen atoms in total. The fourth-order valence-corrected chi connectivity index (χ4v) is 4.22. The molecule has 0 saturated heterocycles. The van der Waals surface area contributed by atoms with Crippen LogP contribution in [-0.2, 0) is 22.6 Å². The van der Waals surface area contributed by atoms with Crippen LogP contribution in [0.3, 0.4) is 0 Å². The topological polar surface area (TPSA) is 58.6 Å². The van der Waals surface area contributed by atoms with E-state index < -0.39 is 6.04 Å². The Kier molecular flexibility index (Phi) is 8.92. The van der Waals surface area contributed by atoms with Crippen molar-refractivity contribution >= 4 is 39.3 Å². The maximum absolute atomic E-state index is 13.4. The predicted molar refractivity (Wildman–Crippen MR) is 134 cm³/mol. The molecule has 1 atom stereocenters. The van der Waals surface area contributed by atoms with Crippen molar-refractivity contribution in [1.29, 1.82) is 0 Å². The predicted octanol–water partition coefficient (Wildman–Crippen LogP) is 5.18. The highest BCUT2D eigenvalue weighted by molar-refractivity contribution is 9.10. The zero-order valence-corrected chi connectivity index (χ0v) is 20.9. The summed E-state index contributed by atoms with van der Waals surface area (Å²) >= 11 is 9.40. The summed E-state index contributed by atoms with van der Waals surface area (Å²) in [6.45, 7) is 2.08. The fraction of sp³-hybridized carbons (Fsp3) is 0.231. The summed E-state index contributed by atoms with van der Waals surface area (Å²) < 4.78 is 6.43. The zero-order valence-electron chi connectivity index (χ0n) is 18.6. The van der Waals surface area contributed by atoms with Gasteiger partial charge in [-0.15, -0.1) is 0 Å². The average molecular weight is 530 g/mol. The van der Waals surface area contributed by atoms with Gasteiger partial charge in [0.25, 0.3) is 5.91 Å². The zero-order chi connectivity index (χ0) is 23.8. The molecule has 0 heterocycles. The van der Waals surface area contributed by atoms with Crippen molar-refractivity contribution in [2.45, 2.75) is 25.9 Å². The van der Waals surface area contributed by atoms with Crippen LogP contribution in [-0.4, -0.2) is 36.4 Å². The van der Waals surface area contributed by atoms with Crippen LogP contribution in [0.2, 0.25) is 5.02 Å². The highest BCUT2D eigenvalue weighted by Gasteiger charge is 2.30. The van der Waals surface area contributed by atoms with Gasteiger partial charge in [-0.1, -0.05) is 71.8 Å². The lowest BCUT2D eigenvalue weighted by atomic mass is 10.0. The molecule has 0 fully saturated rings. The van der Waals surface area contributed by atoms with Gasteiger partial charge in [-0.05, 0) is 52.2 Å². The summed E-state index contributed by atoms with van der Waals surface area (Å²) in [5.74, 6) is -0.0171. The molecule has 0 spiro atoms. The minimum Gasteiger partial charge on any atom is -0.483 e. The molecular formula is C26H26BrClN2O3. The van der Waals surface area contributed by atoms with Gasteiger partial charge in [0.2, 0.25) is 5.91 Å². The Morgan fingerprint density at radius 1 is 1.03 bits per heavy atom. The molecule has 0 radical (unpaired) electrons. The molecule has 3 rings (SSSR count). The summed E-state index contributed by atoms with van der Waals surface area (Å²) in [6.07, 6.45) is 0.392. The number of ether oxygens (including phenoxy) is 1. The normalized spacial score (nSPS) is 11.5. The SMILES string of the molecule is CNC(=O)C(Cc1ccccc1)N(Cc1ccc(C)cc1)C(=O)COc1ccc(Cl)cc1Br. The van der Waals surface area contributed by atoms with Gasteiger partial charge >= 0.3 is 0 Å². The molecular weight excluding hydrogens is 504 g/mol. The number of hydrogen-bond acceptors (Lipinski definition) is 3. The van der Waals surface area contributed by atoms with Gasteiger partial charge in [-0.25, -0.2) is 0 Å². The first-order valence-corrected chi connectivity index (χ1v) is 11.7. The Balaban J connectivity index is 1.87. The largest absolute Gasteiger partial charge is 0.483 e. The number of aryl methyl sites for hydroxylation is 1. The molecule has 0 saturated carbocycles. The van der Waals surface area contributed by atoms with E-state index >= 15 is 0 Å². The molecule has 2 amide bonds. The van der Waals surface area contributed by atoms with Crippen molar-refractivity contribution in [1.82, 2.24) is 10.2 Å². The third-order valence-corrected chi connectivity index (χ3v) is 6.09. The monoisotopic (exact) mass is 528 g/mol. The summed E-state index contributed by atoms with van der Waals surface area (Å²) in [5, 5.41) is 3.27. The van der Waals surface area contributed by atoms with Crippen molar-refractivity contribution in [2.24, 2.45) is 0 Å². The molecule has 0 aliphatic carbocycles. The number of nitrogens with one attached hydrogen (secondary N) is 1. The van der Waals surface area contributed by atoms with Crippen LogP contribution in [0.4, 0.5) is 0 Å². The highest BCUT2D eigenvalue weighted by Crippen LogP contribution is 2.28. The van der Waals surface area contributed by atoms with Gasteiger partial charge < -0.3 is 15.0 Å². The summed E-state index contributed by atoms with van der Waals surface area (Å²) in [4.78, 5) is 27.9. The van der Waals surface area contributed by atoms with E-state index in [0.29, 0.717) is 21.7 Å². The van der Waals surface area contributed by atoms with Crippen LogP contribution in [0.5, 0.6) is 5.75 Å². The first kappa shape index (κ1) is 24.8. The van der Waals surface area contributed by atoms with Crippen molar-refractivity contribution in [3.05, 3.63) is 99.0 Å². The molecule has 1 unspecified atom stereocenters. The van der Waals surface area contributed by atoms with Crippen molar-refractivity contribution < 1.29 is 14.3 Å².